The number of carbonyl (C=O) groups excluding carboxylic acids is 1. The number of ether oxygens (including phenoxy) is 2. The first-order valence-electron chi connectivity index (χ1n) is 11.1. The number of methoxy groups -OCH3 is 2. The van der Waals surface area contributed by atoms with Gasteiger partial charge in [0.15, 0.2) is 0 Å². The molecule has 4 rings (SSSR count). The monoisotopic (exact) mass is 478 g/mol. The summed E-state index contributed by atoms with van der Waals surface area (Å²) in [5.74, 6) is 0.254. The van der Waals surface area contributed by atoms with Crippen molar-refractivity contribution in [2.75, 3.05) is 14.2 Å². The number of carbonyl (C=O) groups is 1. The zero-order valence-corrected chi connectivity index (χ0v) is 19.9. The van der Waals surface area contributed by atoms with Crippen LogP contribution in [-0.4, -0.2) is 45.5 Å². The maximum atomic E-state index is 12.9. The maximum Gasteiger partial charge on any atom is 0.335 e. The number of hydrogen-bond acceptors (Lipinski definition) is 7. The van der Waals surface area contributed by atoms with Gasteiger partial charge < -0.3 is 14.6 Å². The van der Waals surface area contributed by atoms with Crippen molar-refractivity contribution in [3.8, 4) is 23.1 Å². The summed E-state index contributed by atoms with van der Waals surface area (Å²) in [5.41, 5.74) is 0.242. The first kappa shape index (κ1) is 23.8. The lowest BCUT2D eigenvalue weighted by atomic mass is 9.98. The number of H-pyrrole nitrogens is 1. The lowest BCUT2D eigenvalue weighted by Crippen LogP contribution is -2.33. The second-order valence-corrected chi connectivity index (χ2v) is 8.05. The number of aromatic amines is 1. The van der Waals surface area contributed by atoms with Gasteiger partial charge in [-0.3, -0.25) is 14.6 Å². The molecule has 2 heterocycles. The van der Waals surface area contributed by atoms with Crippen molar-refractivity contribution in [2.45, 2.75) is 32.7 Å². The second kappa shape index (κ2) is 9.49. The Morgan fingerprint density at radius 2 is 1.91 bits per heavy atom. The standard InChI is InChI=1S/C25H26N4O6/c1-5-21(30)29-19(16-11-10-15(34-3)12-20(16)35-4)13-17(27-29)22-23(31)26-25(33)28(24(22)32)18-9-7-6-8-14(18)2/h6-12,19,32H,5,13H2,1-4H3,(H,26,31,33)/t19-/m0/s1. The molecule has 1 aliphatic heterocycles. The summed E-state index contributed by atoms with van der Waals surface area (Å²) in [6, 6.07) is 11.6. The van der Waals surface area contributed by atoms with E-state index in [2.05, 4.69) is 10.1 Å². The van der Waals surface area contributed by atoms with E-state index in [1.54, 1.807) is 56.3 Å². The van der Waals surface area contributed by atoms with E-state index >= 15 is 0 Å². The average molecular weight is 479 g/mol. The van der Waals surface area contributed by atoms with Crippen molar-refractivity contribution in [3.63, 3.8) is 0 Å². The number of benzene rings is 2. The van der Waals surface area contributed by atoms with Crippen molar-refractivity contribution in [3.05, 3.63) is 80.0 Å². The van der Waals surface area contributed by atoms with Gasteiger partial charge in [0, 0.05) is 24.5 Å². The lowest BCUT2D eigenvalue weighted by molar-refractivity contribution is -0.132. The summed E-state index contributed by atoms with van der Waals surface area (Å²) >= 11 is 0. The molecule has 0 saturated carbocycles. The highest BCUT2D eigenvalue weighted by molar-refractivity contribution is 6.04. The molecule has 10 nitrogen and oxygen atoms in total. The topological polar surface area (TPSA) is 126 Å². The van der Waals surface area contributed by atoms with Crippen LogP contribution in [0, 0.1) is 6.92 Å². The van der Waals surface area contributed by atoms with Crippen molar-refractivity contribution in [1.82, 2.24) is 14.6 Å². The summed E-state index contributed by atoms with van der Waals surface area (Å²) in [7, 11) is 3.05. The normalized spacial score (nSPS) is 15.1. The highest BCUT2D eigenvalue weighted by Gasteiger charge is 2.36. The third kappa shape index (κ3) is 4.18. The number of aryl methyl sites for hydroxylation is 1. The van der Waals surface area contributed by atoms with Crippen LogP contribution in [0.1, 0.15) is 42.5 Å². The number of rotatable bonds is 6. The summed E-state index contributed by atoms with van der Waals surface area (Å²) in [6.45, 7) is 3.49. The molecule has 182 valence electrons. The largest absolute Gasteiger partial charge is 0.497 e. The van der Waals surface area contributed by atoms with Crippen LogP contribution in [0.3, 0.4) is 0 Å². The van der Waals surface area contributed by atoms with Gasteiger partial charge in [-0.05, 0) is 30.7 Å². The second-order valence-electron chi connectivity index (χ2n) is 8.05. The van der Waals surface area contributed by atoms with Gasteiger partial charge >= 0.3 is 5.69 Å². The molecule has 0 spiro atoms. The Kier molecular flexibility index (Phi) is 6.46. The SMILES string of the molecule is CCC(=O)N1N=C(c2c(O)n(-c3ccccc3C)c(=O)[nH]c2=O)C[C@H]1c1ccc(OC)cc1OC. The van der Waals surface area contributed by atoms with Crippen LogP contribution >= 0.6 is 0 Å². The fourth-order valence-electron chi connectivity index (χ4n) is 4.21. The Hall–Kier alpha value is -4.34. The number of amides is 1. The molecule has 2 aromatic carbocycles. The molecule has 0 saturated heterocycles. The minimum Gasteiger partial charge on any atom is -0.497 e. The molecule has 1 amide bonds. The summed E-state index contributed by atoms with van der Waals surface area (Å²) in [4.78, 5) is 40.6. The molecule has 1 aliphatic rings. The van der Waals surface area contributed by atoms with Crippen LogP contribution < -0.4 is 20.7 Å². The first-order valence-corrected chi connectivity index (χ1v) is 11.1. The molecule has 2 N–H and O–H groups in total. The van der Waals surface area contributed by atoms with Crippen LogP contribution in [0.5, 0.6) is 17.4 Å². The van der Waals surface area contributed by atoms with E-state index in [4.69, 9.17) is 9.47 Å². The molecule has 35 heavy (non-hydrogen) atoms. The minimum absolute atomic E-state index is 0.122. The highest BCUT2D eigenvalue weighted by Crippen LogP contribution is 2.39. The first-order chi connectivity index (χ1) is 16.8. The van der Waals surface area contributed by atoms with Gasteiger partial charge in [0.05, 0.1) is 31.7 Å². The maximum absolute atomic E-state index is 12.9. The molecule has 10 heteroatoms. The van der Waals surface area contributed by atoms with Gasteiger partial charge in [0.1, 0.15) is 17.1 Å². The zero-order valence-electron chi connectivity index (χ0n) is 19.9. The van der Waals surface area contributed by atoms with E-state index in [0.29, 0.717) is 22.7 Å². The van der Waals surface area contributed by atoms with E-state index in [-0.39, 0.29) is 30.0 Å². The van der Waals surface area contributed by atoms with Crippen molar-refractivity contribution in [2.24, 2.45) is 5.10 Å². The molecule has 3 aromatic rings. The number of hydrazone groups is 1. The molecule has 0 unspecified atom stereocenters. The number of nitrogens with one attached hydrogen (secondary N) is 1. The summed E-state index contributed by atoms with van der Waals surface area (Å²) in [5, 5.41) is 16.8. The van der Waals surface area contributed by atoms with Crippen LogP contribution in [-0.2, 0) is 4.79 Å². The molecule has 1 aromatic heterocycles. The van der Waals surface area contributed by atoms with Crippen LogP contribution in [0.25, 0.3) is 5.69 Å². The Morgan fingerprint density at radius 3 is 2.57 bits per heavy atom. The van der Waals surface area contributed by atoms with Gasteiger partial charge in [-0.15, -0.1) is 0 Å². The number of aromatic nitrogens is 2. The van der Waals surface area contributed by atoms with Gasteiger partial charge in [-0.25, -0.2) is 14.4 Å². The molecule has 0 bridgehead atoms. The number of aromatic hydroxyl groups is 1. The van der Waals surface area contributed by atoms with E-state index in [0.717, 1.165) is 10.1 Å². The lowest BCUT2D eigenvalue weighted by Gasteiger charge is -2.23. The third-order valence-electron chi connectivity index (χ3n) is 6.00. The number of para-hydroxylation sites is 1. The molecule has 0 fully saturated rings. The van der Waals surface area contributed by atoms with Gasteiger partial charge in [0.2, 0.25) is 11.8 Å². The summed E-state index contributed by atoms with van der Waals surface area (Å²) < 4.78 is 11.8. The van der Waals surface area contributed by atoms with Crippen LogP contribution in [0.15, 0.2) is 57.2 Å². The Balaban J connectivity index is 1.87. The molecular formula is C25H26N4O6. The molecule has 0 radical (unpaired) electrons. The quantitative estimate of drug-likeness (QED) is 0.561. The van der Waals surface area contributed by atoms with Gasteiger partial charge in [-0.1, -0.05) is 25.1 Å². The predicted molar refractivity (Wildman–Crippen MR) is 130 cm³/mol. The van der Waals surface area contributed by atoms with Gasteiger partial charge in [-0.2, -0.15) is 5.10 Å². The number of hydrogen-bond donors (Lipinski definition) is 2. The Labute approximate surface area is 201 Å². The Morgan fingerprint density at radius 1 is 1.17 bits per heavy atom. The fourth-order valence-corrected chi connectivity index (χ4v) is 4.21. The van der Waals surface area contributed by atoms with E-state index in [9.17, 15) is 19.5 Å². The smallest absolute Gasteiger partial charge is 0.335 e. The van der Waals surface area contributed by atoms with E-state index in [1.807, 2.05) is 0 Å². The van der Waals surface area contributed by atoms with E-state index < -0.39 is 23.2 Å². The molecule has 1 atom stereocenters. The highest BCUT2D eigenvalue weighted by atomic mass is 16.5. The fraction of sp³-hybridized carbons (Fsp3) is 0.280. The van der Waals surface area contributed by atoms with Crippen LogP contribution in [0.4, 0.5) is 0 Å². The predicted octanol–water partition coefficient (Wildman–Crippen LogP) is 2.64. The van der Waals surface area contributed by atoms with Crippen LogP contribution in [0.2, 0.25) is 0 Å². The average Bonchev–Trinajstić information content (AvgIpc) is 3.28. The number of nitrogens with zero attached hydrogens (tertiary/aromatic N) is 3. The van der Waals surface area contributed by atoms with Crippen molar-refractivity contribution < 1.29 is 19.4 Å². The summed E-state index contributed by atoms with van der Waals surface area (Å²) in [6.07, 6.45) is 0.299. The third-order valence-corrected chi connectivity index (χ3v) is 6.00. The molecule has 0 aliphatic carbocycles. The minimum atomic E-state index is -0.790. The molecular weight excluding hydrogens is 452 g/mol. The van der Waals surface area contributed by atoms with E-state index in [1.165, 1.54) is 19.2 Å². The van der Waals surface area contributed by atoms with Crippen molar-refractivity contribution >= 4 is 11.6 Å². The zero-order chi connectivity index (χ0) is 25.3. The van der Waals surface area contributed by atoms with Gasteiger partial charge in [0.25, 0.3) is 5.56 Å². The Bertz CT molecular complexity index is 1440. The van der Waals surface area contributed by atoms with Crippen molar-refractivity contribution in [1.29, 1.82) is 0 Å².